The van der Waals surface area contributed by atoms with E-state index in [9.17, 15) is 8.42 Å². The first kappa shape index (κ1) is 15.3. The van der Waals surface area contributed by atoms with E-state index in [1.54, 1.807) is 12.3 Å². The number of nitrogens with zero attached hydrogens (tertiary/aromatic N) is 1. The maximum Gasteiger partial charge on any atom is 0.212 e. The molecule has 1 aliphatic rings. The lowest BCUT2D eigenvalue weighted by Gasteiger charge is -2.28. The summed E-state index contributed by atoms with van der Waals surface area (Å²) in [5.41, 5.74) is 5.77. The van der Waals surface area contributed by atoms with Gasteiger partial charge < -0.3 is 5.73 Å². The van der Waals surface area contributed by atoms with Crippen molar-refractivity contribution in [3.8, 4) is 0 Å². The minimum atomic E-state index is -3.42. The number of aromatic nitrogens is 1. The Morgan fingerprint density at radius 3 is 2.65 bits per heavy atom. The molecule has 7 heteroatoms. The molecule has 0 spiro atoms. The number of hydrogen-bond donors (Lipinski definition) is 2. The highest BCUT2D eigenvalue weighted by Crippen LogP contribution is 2.30. The van der Waals surface area contributed by atoms with E-state index in [1.807, 2.05) is 12.1 Å². The number of nitrogens with two attached hydrogens (primary N) is 1. The number of thiocarbonyl (C=S) groups is 1. The van der Waals surface area contributed by atoms with Crippen LogP contribution < -0.4 is 10.5 Å². The van der Waals surface area contributed by atoms with E-state index >= 15 is 0 Å². The van der Waals surface area contributed by atoms with Gasteiger partial charge in [0.25, 0.3) is 0 Å². The summed E-state index contributed by atoms with van der Waals surface area (Å²) in [6.45, 7) is 0. The summed E-state index contributed by atoms with van der Waals surface area (Å²) >= 11 is 5.05. The molecule has 1 aromatic rings. The van der Waals surface area contributed by atoms with E-state index < -0.39 is 15.6 Å². The minimum absolute atomic E-state index is 0.00558. The van der Waals surface area contributed by atoms with Crippen LogP contribution in [0.3, 0.4) is 0 Å². The molecule has 1 fully saturated rings. The van der Waals surface area contributed by atoms with E-state index in [4.69, 9.17) is 18.0 Å². The second-order valence-corrected chi connectivity index (χ2v) is 7.43. The molecular weight excluding hydrogens is 294 g/mol. The average molecular weight is 313 g/mol. The molecule has 0 radical (unpaired) electrons. The van der Waals surface area contributed by atoms with Gasteiger partial charge in [-0.1, -0.05) is 31.1 Å². The monoisotopic (exact) mass is 313 g/mol. The van der Waals surface area contributed by atoms with Crippen molar-refractivity contribution in [1.29, 1.82) is 0 Å². The fraction of sp³-hybridized carbons (Fsp3) is 0.538. The summed E-state index contributed by atoms with van der Waals surface area (Å²) in [6.07, 6.45) is 5.29. The van der Waals surface area contributed by atoms with E-state index in [2.05, 4.69) is 9.71 Å². The smallest absolute Gasteiger partial charge is 0.212 e. The summed E-state index contributed by atoms with van der Waals surface area (Å²) in [5.74, 6) is -0.00558. The quantitative estimate of drug-likeness (QED) is 0.769. The molecule has 110 valence electrons. The van der Waals surface area contributed by atoms with E-state index in [0.29, 0.717) is 19.3 Å². The molecule has 0 unspecified atom stereocenters. The maximum absolute atomic E-state index is 12.2. The number of pyridine rings is 1. The van der Waals surface area contributed by atoms with Crippen molar-refractivity contribution in [2.45, 2.75) is 37.6 Å². The number of rotatable bonds is 6. The predicted molar refractivity (Wildman–Crippen MR) is 82.8 cm³/mol. The van der Waals surface area contributed by atoms with Crippen LogP contribution in [-0.2, 0) is 16.4 Å². The van der Waals surface area contributed by atoms with Crippen LogP contribution in [0.4, 0.5) is 0 Å². The molecule has 0 amide bonds. The van der Waals surface area contributed by atoms with Gasteiger partial charge in [-0.2, -0.15) is 0 Å². The standard InChI is InChI=1S/C13H19N3O2S2/c14-12(19)13(7-2-3-8-13)16-20(17,18)10-6-11-5-1-4-9-15-11/h1,4-5,9,16H,2-3,6-8,10H2,(H2,14,19). The highest BCUT2D eigenvalue weighted by atomic mass is 32.2. The second-order valence-electron chi connectivity index (χ2n) is 5.15. The van der Waals surface area contributed by atoms with Gasteiger partial charge in [-0.15, -0.1) is 0 Å². The molecule has 1 aliphatic carbocycles. The van der Waals surface area contributed by atoms with Gasteiger partial charge in [0.05, 0.1) is 16.3 Å². The van der Waals surface area contributed by atoms with Crippen molar-refractivity contribution < 1.29 is 8.42 Å². The van der Waals surface area contributed by atoms with Crippen LogP contribution in [0.5, 0.6) is 0 Å². The Morgan fingerprint density at radius 2 is 2.10 bits per heavy atom. The first-order valence-corrected chi connectivity index (χ1v) is 8.71. The molecule has 3 N–H and O–H groups in total. The number of nitrogens with one attached hydrogen (secondary N) is 1. The average Bonchev–Trinajstić information content (AvgIpc) is 2.87. The van der Waals surface area contributed by atoms with Crippen LogP contribution in [-0.4, -0.2) is 29.7 Å². The lowest BCUT2D eigenvalue weighted by Crippen LogP contribution is -2.55. The fourth-order valence-electron chi connectivity index (χ4n) is 2.51. The Hall–Kier alpha value is -1.05. The fourth-order valence-corrected chi connectivity index (χ4v) is 4.32. The van der Waals surface area contributed by atoms with Gasteiger partial charge in [-0.05, 0) is 25.0 Å². The van der Waals surface area contributed by atoms with Crippen molar-refractivity contribution in [2.75, 3.05) is 5.75 Å². The van der Waals surface area contributed by atoms with Gasteiger partial charge in [0.15, 0.2) is 0 Å². The number of hydrogen-bond acceptors (Lipinski definition) is 4. The van der Waals surface area contributed by atoms with Crippen molar-refractivity contribution in [2.24, 2.45) is 5.73 Å². The van der Waals surface area contributed by atoms with E-state index in [-0.39, 0.29) is 10.7 Å². The third-order valence-corrected chi connectivity index (χ3v) is 5.47. The zero-order valence-corrected chi connectivity index (χ0v) is 12.8. The Kier molecular flexibility index (Phi) is 4.72. The van der Waals surface area contributed by atoms with Gasteiger partial charge in [0.2, 0.25) is 10.0 Å². The predicted octanol–water partition coefficient (Wildman–Crippen LogP) is 1.14. The molecule has 0 bridgehead atoms. The molecule has 1 heterocycles. The summed E-state index contributed by atoms with van der Waals surface area (Å²) < 4.78 is 27.1. The summed E-state index contributed by atoms with van der Waals surface area (Å²) in [6, 6.07) is 5.46. The molecular formula is C13H19N3O2S2. The van der Waals surface area contributed by atoms with Gasteiger partial charge in [-0.3, -0.25) is 4.98 Å². The second kappa shape index (κ2) is 6.15. The molecule has 5 nitrogen and oxygen atoms in total. The minimum Gasteiger partial charge on any atom is -0.392 e. The zero-order valence-electron chi connectivity index (χ0n) is 11.2. The Morgan fingerprint density at radius 1 is 1.40 bits per heavy atom. The third kappa shape index (κ3) is 3.74. The first-order chi connectivity index (χ1) is 9.44. The molecule has 0 aromatic carbocycles. The Labute approximate surface area is 125 Å². The lowest BCUT2D eigenvalue weighted by molar-refractivity contribution is 0.502. The van der Waals surface area contributed by atoms with E-state index in [0.717, 1.165) is 18.5 Å². The zero-order chi connectivity index (χ0) is 14.6. The highest BCUT2D eigenvalue weighted by molar-refractivity contribution is 7.89. The maximum atomic E-state index is 12.2. The summed E-state index contributed by atoms with van der Waals surface area (Å²) in [4.78, 5) is 4.37. The normalized spacial score (nSPS) is 18.0. The van der Waals surface area contributed by atoms with Gasteiger partial charge in [-0.25, -0.2) is 13.1 Å². The SMILES string of the molecule is NC(=S)C1(NS(=O)(=O)CCc2ccccn2)CCCC1. The first-order valence-electron chi connectivity index (χ1n) is 6.65. The summed E-state index contributed by atoms with van der Waals surface area (Å²) in [5, 5.41) is 0. The van der Waals surface area contributed by atoms with Crippen molar-refractivity contribution in [3.63, 3.8) is 0 Å². The van der Waals surface area contributed by atoms with Crippen LogP contribution in [0.2, 0.25) is 0 Å². The molecule has 20 heavy (non-hydrogen) atoms. The lowest BCUT2D eigenvalue weighted by atomic mass is 10.00. The van der Waals surface area contributed by atoms with Crippen LogP contribution in [0.25, 0.3) is 0 Å². The van der Waals surface area contributed by atoms with Crippen molar-refractivity contribution >= 4 is 27.2 Å². The third-order valence-electron chi connectivity index (χ3n) is 3.63. The van der Waals surface area contributed by atoms with Gasteiger partial charge in [0, 0.05) is 18.3 Å². The molecule has 0 aliphatic heterocycles. The van der Waals surface area contributed by atoms with Gasteiger partial charge >= 0.3 is 0 Å². The molecule has 1 aromatic heterocycles. The number of sulfonamides is 1. The Bertz CT molecular complexity index is 567. The van der Waals surface area contributed by atoms with Crippen LogP contribution in [0.15, 0.2) is 24.4 Å². The summed E-state index contributed by atoms with van der Waals surface area (Å²) in [7, 11) is -3.42. The molecule has 2 rings (SSSR count). The molecule has 0 saturated heterocycles. The van der Waals surface area contributed by atoms with Crippen molar-refractivity contribution in [1.82, 2.24) is 9.71 Å². The van der Waals surface area contributed by atoms with Crippen LogP contribution >= 0.6 is 12.2 Å². The van der Waals surface area contributed by atoms with Crippen LogP contribution in [0, 0.1) is 0 Å². The van der Waals surface area contributed by atoms with Crippen LogP contribution in [0.1, 0.15) is 31.4 Å². The number of aryl methyl sites for hydroxylation is 1. The molecule has 1 saturated carbocycles. The Balaban J connectivity index is 2.02. The molecule has 0 atom stereocenters. The highest BCUT2D eigenvalue weighted by Gasteiger charge is 2.40. The van der Waals surface area contributed by atoms with Crippen molar-refractivity contribution in [3.05, 3.63) is 30.1 Å². The largest absolute Gasteiger partial charge is 0.392 e. The van der Waals surface area contributed by atoms with E-state index in [1.165, 1.54) is 0 Å². The topological polar surface area (TPSA) is 85.1 Å². The van der Waals surface area contributed by atoms with Gasteiger partial charge in [0.1, 0.15) is 0 Å².